The van der Waals surface area contributed by atoms with E-state index in [1.54, 1.807) is 16.8 Å². The molecule has 190 valence electrons. The van der Waals surface area contributed by atoms with Crippen LogP contribution in [0.4, 0.5) is 14.9 Å². The Hall–Kier alpha value is -3.51. The molecular weight excluding hydrogens is 487 g/mol. The summed E-state index contributed by atoms with van der Waals surface area (Å²) in [6.45, 7) is 4.97. The molecule has 0 radical (unpaired) electrons. The van der Waals surface area contributed by atoms with Gasteiger partial charge in [-0.25, -0.2) is 28.2 Å². The summed E-state index contributed by atoms with van der Waals surface area (Å²) in [4.78, 5) is 17.2. The lowest BCUT2D eigenvalue weighted by atomic mass is 9.94. The number of carbonyl (C=O) groups is 1. The molecule has 0 saturated carbocycles. The largest absolute Gasteiger partial charge is 0.481 e. The van der Waals surface area contributed by atoms with Crippen molar-refractivity contribution in [1.29, 1.82) is 0 Å². The average Bonchev–Trinajstić information content (AvgIpc) is 3.47. The van der Waals surface area contributed by atoms with Gasteiger partial charge in [-0.2, -0.15) is 5.10 Å². The molecule has 0 bridgehead atoms. The van der Waals surface area contributed by atoms with Crippen LogP contribution in [-0.4, -0.2) is 38.7 Å². The van der Waals surface area contributed by atoms with E-state index in [1.165, 1.54) is 25.6 Å². The first-order chi connectivity index (χ1) is 17.1. The highest BCUT2D eigenvalue weighted by atomic mass is 32.2. The Morgan fingerprint density at radius 2 is 2.11 bits per heavy atom. The van der Waals surface area contributed by atoms with E-state index in [-0.39, 0.29) is 22.0 Å². The number of rotatable bonds is 4. The Balaban J connectivity index is 1.53. The van der Waals surface area contributed by atoms with E-state index in [4.69, 9.17) is 14.6 Å². The highest BCUT2D eigenvalue weighted by molar-refractivity contribution is 7.91. The van der Waals surface area contributed by atoms with Crippen LogP contribution in [0.5, 0.6) is 11.8 Å². The molecule has 0 spiro atoms. The van der Waals surface area contributed by atoms with Crippen LogP contribution in [0.3, 0.4) is 0 Å². The minimum Gasteiger partial charge on any atom is -0.481 e. The van der Waals surface area contributed by atoms with Crippen LogP contribution in [0.1, 0.15) is 31.4 Å². The number of ether oxygens (including phenoxy) is 2. The van der Waals surface area contributed by atoms with E-state index in [0.717, 1.165) is 6.42 Å². The molecule has 2 aliphatic rings. The topological polar surface area (TPSA) is 134 Å². The van der Waals surface area contributed by atoms with Crippen LogP contribution < -0.4 is 19.9 Å². The minimum atomic E-state index is -3.67. The number of anilines is 1. The van der Waals surface area contributed by atoms with Gasteiger partial charge in [0.15, 0.2) is 9.92 Å². The third-order valence-electron chi connectivity index (χ3n) is 6.31. The quantitative estimate of drug-likeness (QED) is 0.542. The summed E-state index contributed by atoms with van der Waals surface area (Å²) >= 11 is 0. The number of fused-ring (bicyclic) bond motifs is 2. The van der Waals surface area contributed by atoms with Crippen molar-refractivity contribution in [2.75, 3.05) is 19.0 Å². The number of benzene rings is 1. The molecule has 12 heteroatoms. The number of hydrogen-bond acceptors (Lipinski definition) is 6. The molecule has 3 N–H and O–H groups in total. The number of aromatic nitrogens is 3. The van der Waals surface area contributed by atoms with E-state index in [1.807, 2.05) is 13.8 Å². The van der Waals surface area contributed by atoms with E-state index in [0.29, 0.717) is 59.8 Å². The summed E-state index contributed by atoms with van der Waals surface area (Å²) in [5, 5.41) is 13.0. The average molecular weight is 515 g/mol. The molecule has 2 amide bonds. The van der Waals surface area contributed by atoms with E-state index in [2.05, 4.69) is 19.8 Å². The first-order valence-electron chi connectivity index (χ1n) is 11.5. The zero-order valence-corrected chi connectivity index (χ0v) is 21.0. The van der Waals surface area contributed by atoms with Gasteiger partial charge in [0.2, 0.25) is 11.8 Å². The van der Waals surface area contributed by atoms with Crippen LogP contribution >= 0.6 is 0 Å². The summed E-state index contributed by atoms with van der Waals surface area (Å²) in [7, 11) is -2.19. The summed E-state index contributed by atoms with van der Waals surface area (Å²) in [5.74, 6) is 0.234. The molecule has 1 aliphatic heterocycles. The molecule has 1 aliphatic carbocycles. The SMILES string of the molecule is COc1cc(-c2cc(F)c3c(c2NC(=O)N=S(N)(=O)c2cnn4c2OCC(C)(C)C4)CCC3)ccn1. The normalized spacial score (nSPS) is 17.4. The van der Waals surface area contributed by atoms with Gasteiger partial charge in [0.05, 0.1) is 32.1 Å². The Labute approximate surface area is 208 Å². The maximum absolute atomic E-state index is 14.9. The first-order valence-corrected chi connectivity index (χ1v) is 13.0. The fraction of sp³-hybridized carbons (Fsp3) is 0.375. The van der Waals surface area contributed by atoms with Gasteiger partial charge < -0.3 is 14.8 Å². The monoisotopic (exact) mass is 514 g/mol. The maximum Gasteiger partial charge on any atom is 0.354 e. The van der Waals surface area contributed by atoms with Crippen molar-refractivity contribution in [3.05, 3.63) is 47.5 Å². The van der Waals surface area contributed by atoms with Crippen LogP contribution in [0.25, 0.3) is 11.1 Å². The predicted octanol–water partition coefficient (Wildman–Crippen LogP) is 3.93. The van der Waals surface area contributed by atoms with Crippen LogP contribution in [0.15, 0.2) is 39.9 Å². The Bertz CT molecular complexity index is 1490. The van der Waals surface area contributed by atoms with Crippen LogP contribution in [0, 0.1) is 11.2 Å². The maximum atomic E-state index is 14.9. The lowest BCUT2D eigenvalue weighted by Crippen LogP contribution is -2.33. The molecule has 0 fully saturated rings. The van der Waals surface area contributed by atoms with Crippen LogP contribution in [0.2, 0.25) is 0 Å². The fourth-order valence-electron chi connectivity index (χ4n) is 4.62. The zero-order valence-electron chi connectivity index (χ0n) is 20.2. The van der Waals surface area contributed by atoms with Crippen molar-refractivity contribution in [2.24, 2.45) is 14.9 Å². The number of carbonyl (C=O) groups excluding carboxylic acids is 1. The second-order valence-corrected chi connectivity index (χ2v) is 11.5. The van der Waals surface area contributed by atoms with Gasteiger partial charge in [0.1, 0.15) is 10.7 Å². The summed E-state index contributed by atoms with van der Waals surface area (Å²) < 4.78 is 44.6. The number of amides is 2. The number of nitrogens with one attached hydrogen (secondary N) is 1. The number of hydrogen-bond donors (Lipinski definition) is 2. The van der Waals surface area contributed by atoms with Crippen molar-refractivity contribution in [1.82, 2.24) is 14.8 Å². The standard InChI is InChI=1S/C24H27FN6O4S/c1-24(2)12-31-22(35-13-24)19(11-28-31)36(26,33)30-23(32)29-21-16-6-4-5-15(16)18(25)10-17(21)14-7-8-27-20(9-14)34-3/h7-11H,4-6,12-13H2,1-3H3,(H3,26,29,30,32,33). The molecule has 36 heavy (non-hydrogen) atoms. The third-order valence-corrected chi connectivity index (χ3v) is 7.65. The molecular formula is C24H27FN6O4S. The van der Waals surface area contributed by atoms with Gasteiger partial charge in [0, 0.05) is 23.2 Å². The Morgan fingerprint density at radius 1 is 1.33 bits per heavy atom. The molecule has 5 rings (SSSR count). The first kappa shape index (κ1) is 24.2. The summed E-state index contributed by atoms with van der Waals surface area (Å²) in [6, 6.07) is 3.79. The molecule has 0 saturated heterocycles. The van der Waals surface area contributed by atoms with Gasteiger partial charge in [0.25, 0.3) is 0 Å². The van der Waals surface area contributed by atoms with Crippen molar-refractivity contribution in [2.45, 2.75) is 44.6 Å². The van der Waals surface area contributed by atoms with Gasteiger partial charge in [-0.05, 0) is 48.1 Å². The third kappa shape index (κ3) is 4.42. The smallest absolute Gasteiger partial charge is 0.354 e. The lowest BCUT2D eigenvalue weighted by molar-refractivity contribution is 0.0972. The molecule has 1 unspecified atom stereocenters. The highest BCUT2D eigenvalue weighted by Gasteiger charge is 2.32. The number of methoxy groups -OCH3 is 1. The zero-order chi connectivity index (χ0) is 25.7. The van der Waals surface area contributed by atoms with Crippen molar-refractivity contribution in [3.63, 3.8) is 0 Å². The van der Waals surface area contributed by atoms with Gasteiger partial charge in [-0.3, -0.25) is 0 Å². The van der Waals surface area contributed by atoms with Crippen molar-refractivity contribution < 1.29 is 22.9 Å². The van der Waals surface area contributed by atoms with E-state index in [9.17, 15) is 13.4 Å². The summed E-state index contributed by atoms with van der Waals surface area (Å²) in [6.07, 6.45) is 4.74. The molecule has 3 aromatic rings. The van der Waals surface area contributed by atoms with E-state index < -0.39 is 15.9 Å². The Kier molecular flexibility index (Phi) is 5.95. The molecule has 10 nitrogen and oxygen atoms in total. The second-order valence-electron chi connectivity index (χ2n) is 9.69. The van der Waals surface area contributed by atoms with E-state index >= 15 is 0 Å². The van der Waals surface area contributed by atoms with Crippen molar-refractivity contribution in [3.8, 4) is 22.9 Å². The minimum absolute atomic E-state index is 0.0524. The predicted molar refractivity (Wildman–Crippen MR) is 132 cm³/mol. The number of nitrogens with two attached hydrogens (primary N) is 1. The van der Waals surface area contributed by atoms with Crippen molar-refractivity contribution >= 4 is 21.6 Å². The lowest BCUT2D eigenvalue weighted by Gasteiger charge is -2.30. The van der Waals surface area contributed by atoms with Gasteiger partial charge in [-0.1, -0.05) is 13.8 Å². The summed E-state index contributed by atoms with van der Waals surface area (Å²) in [5.41, 5.74) is 2.51. The number of halogens is 1. The van der Waals surface area contributed by atoms with Gasteiger partial charge in [-0.15, -0.1) is 4.36 Å². The molecule has 1 aromatic carbocycles. The fourth-order valence-corrected chi connectivity index (χ4v) is 5.63. The van der Waals surface area contributed by atoms with Gasteiger partial charge >= 0.3 is 6.03 Å². The Morgan fingerprint density at radius 3 is 2.89 bits per heavy atom. The molecule has 1 atom stereocenters. The molecule has 3 heterocycles. The number of urea groups is 1. The highest BCUT2D eigenvalue weighted by Crippen LogP contribution is 2.40. The number of pyridine rings is 1. The van der Waals surface area contributed by atoms with Crippen LogP contribution in [-0.2, 0) is 29.3 Å². The number of nitrogens with zero attached hydrogens (tertiary/aromatic N) is 4. The molecule has 2 aromatic heterocycles. The second kappa shape index (κ2) is 8.86.